The molecular formula is C23H22F3NO2. The molecule has 0 N–H and O–H groups in total. The molecule has 152 valence electrons. The average Bonchev–Trinajstić information content (AvgIpc) is 3.27. The highest BCUT2D eigenvalue weighted by Gasteiger charge is 2.54. The molecule has 0 radical (unpaired) electrons. The molecule has 0 aromatic heterocycles. The van der Waals surface area contributed by atoms with E-state index in [9.17, 15) is 13.6 Å². The lowest BCUT2D eigenvalue weighted by molar-refractivity contribution is -0.157. The third kappa shape index (κ3) is 3.44. The van der Waals surface area contributed by atoms with Crippen LogP contribution in [0, 0.1) is 22.9 Å². The molecule has 3 aliphatic rings. The van der Waals surface area contributed by atoms with Crippen molar-refractivity contribution in [3.63, 3.8) is 0 Å². The van der Waals surface area contributed by atoms with Crippen LogP contribution in [0.5, 0.6) is 0 Å². The molecule has 29 heavy (non-hydrogen) atoms. The number of rotatable bonds is 4. The molecule has 3 nitrogen and oxygen atoms in total. The third-order valence-electron chi connectivity index (χ3n) is 6.54. The molecule has 3 fully saturated rings. The van der Waals surface area contributed by atoms with E-state index in [1.165, 1.54) is 6.07 Å². The summed E-state index contributed by atoms with van der Waals surface area (Å²) in [6, 6.07) is 7.85. The molecule has 0 bridgehead atoms. The monoisotopic (exact) mass is 401 g/mol. The number of likely N-dealkylation sites (tertiary alicyclic amines) is 1. The number of hydrogen-bond acceptors (Lipinski definition) is 2. The van der Waals surface area contributed by atoms with Gasteiger partial charge in [0.2, 0.25) is 0 Å². The third-order valence-corrected chi connectivity index (χ3v) is 6.54. The standard InChI is InChI=1S/C23H22F3NO2/c24-16-8-15(9-17(25)11-16)19-3-1-2-14(21(19)26)10-18-12-23(5-6-23)13-27(18)22(28)20-4-7-29-20/h1-3,8-9,11,18,20H,4-7,10,12-13H2/t18-,20+/m0/s1. The number of carbonyl (C=O) groups excluding carboxylic acids is 1. The molecule has 1 amide bonds. The zero-order valence-corrected chi connectivity index (χ0v) is 16.0. The molecule has 2 saturated heterocycles. The van der Waals surface area contributed by atoms with Crippen LogP contribution in [0.1, 0.15) is 31.2 Å². The first-order chi connectivity index (χ1) is 13.9. The molecule has 1 aliphatic carbocycles. The predicted molar refractivity (Wildman–Crippen MR) is 102 cm³/mol. The highest BCUT2D eigenvalue weighted by atomic mass is 19.1. The maximum absolute atomic E-state index is 15.3. The number of amides is 1. The van der Waals surface area contributed by atoms with Crippen LogP contribution in [0.3, 0.4) is 0 Å². The quantitative estimate of drug-likeness (QED) is 0.756. The van der Waals surface area contributed by atoms with Crippen molar-refractivity contribution in [1.29, 1.82) is 0 Å². The smallest absolute Gasteiger partial charge is 0.252 e. The average molecular weight is 401 g/mol. The predicted octanol–water partition coefficient (Wildman–Crippen LogP) is 4.48. The fraction of sp³-hybridized carbons (Fsp3) is 0.435. The summed E-state index contributed by atoms with van der Waals surface area (Å²) in [6.45, 7) is 1.33. The van der Waals surface area contributed by atoms with Crippen molar-refractivity contribution < 1.29 is 22.7 Å². The summed E-state index contributed by atoms with van der Waals surface area (Å²) in [5.41, 5.74) is 0.981. The largest absolute Gasteiger partial charge is 0.368 e. The Morgan fingerprint density at radius 3 is 2.48 bits per heavy atom. The van der Waals surface area contributed by atoms with Gasteiger partial charge in [0.15, 0.2) is 0 Å². The summed E-state index contributed by atoms with van der Waals surface area (Å²) in [5, 5.41) is 0. The van der Waals surface area contributed by atoms with Gasteiger partial charge >= 0.3 is 0 Å². The Labute approximate surface area is 167 Å². The van der Waals surface area contributed by atoms with E-state index in [-0.39, 0.29) is 34.6 Å². The fourth-order valence-electron chi connectivity index (χ4n) is 4.68. The van der Waals surface area contributed by atoms with Crippen molar-refractivity contribution in [3.05, 3.63) is 59.4 Å². The minimum atomic E-state index is -0.742. The van der Waals surface area contributed by atoms with Crippen LogP contribution >= 0.6 is 0 Å². The molecule has 2 atom stereocenters. The summed E-state index contributed by atoms with van der Waals surface area (Å²) in [5.74, 6) is -1.96. The zero-order chi connectivity index (χ0) is 20.2. The van der Waals surface area contributed by atoms with E-state index < -0.39 is 17.5 Å². The van der Waals surface area contributed by atoms with E-state index in [1.807, 2.05) is 4.90 Å². The normalized spacial score (nSPS) is 24.6. The molecule has 5 rings (SSSR count). The van der Waals surface area contributed by atoms with Crippen molar-refractivity contribution >= 4 is 5.91 Å². The van der Waals surface area contributed by atoms with Gasteiger partial charge in [-0.2, -0.15) is 0 Å². The maximum atomic E-state index is 15.3. The van der Waals surface area contributed by atoms with Crippen molar-refractivity contribution in [3.8, 4) is 11.1 Å². The van der Waals surface area contributed by atoms with Gasteiger partial charge in [-0.25, -0.2) is 13.2 Å². The number of halogens is 3. The van der Waals surface area contributed by atoms with Crippen molar-refractivity contribution in [2.45, 2.75) is 44.2 Å². The summed E-state index contributed by atoms with van der Waals surface area (Å²) < 4.78 is 47.9. The van der Waals surface area contributed by atoms with Gasteiger partial charge in [0.25, 0.3) is 5.91 Å². The molecule has 0 unspecified atom stereocenters. The molecule has 1 spiro atoms. The summed E-state index contributed by atoms with van der Waals surface area (Å²) >= 11 is 0. The number of carbonyl (C=O) groups is 1. The van der Waals surface area contributed by atoms with E-state index in [4.69, 9.17) is 4.74 Å². The second-order valence-corrected chi connectivity index (χ2v) is 8.61. The maximum Gasteiger partial charge on any atom is 0.252 e. The summed E-state index contributed by atoms with van der Waals surface area (Å²) in [4.78, 5) is 14.7. The van der Waals surface area contributed by atoms with Crippen LogP contribution in [-0.4, -0.2) is 36.1 Å². The summed E-state index contributed by atoms with van der Waals surface area (Å²) in [6.07, 6.45) is 3.83. The number of benzene rings is 2. The van der Waals surface area contributed by atoms with Gasteiger partial charge in [-0.1, -0.05) is 18.2 Å². The fourth-order valence-corrected chi connectivity index (χ4v) is 4.68. The Morgan fingerprint density at radius 1 is 1.14 bits per heavy atom. The van der Waals surface area contributed by atoms with Crippen LogP contribution in [0.25, 0.3) is 11.1 Å². The van der Waals surface area contributed by atoms with Gasteiger partial charge in [-0.3, -0.25) is 4.79 Å². The van der Waals surface area contributed by atoms with Crippen molar-refractivity contribution in [2.75, 3.05) is 13.2 Å². The molecule has 2 aliphatic heterocycles. The van der Waals surface area contributed by atoms with E-state index in [2.05, 4.69) is 0 Å². The van der Waals surface area contributed by atoms with Crippen molar-refractivity contribution in [2.24, 2.45) is 5.41 Å². The van der Waals surface area contributed by atoms with Crippen LogP contribution in [0.2, 0.25) is 0 Å². The highest BCUT2D eigenvalue weighted by molar-refractivity contribution is 5.82. The Kier molecular flexibility index (Phi) is 4.42. The highest BCUT2D eigenvalue weighted by Crippen LogP contribution is 2.55. The molecule has 2 aromatic carbocycles. The molecule has 1 saturated carbocycles. The van der Waals surface area contributed by atoms with Crippen LogP contribution in [0.4, 0.5) is 13.2 Å². The van der Waals surface area contributed by atoms with Gasteiger partial charge in [0.05, 0.1) is 6.61 Å². The lowest BCUT2D eigenvalue weighted by Crippen LogP contribution is -2.48. The first kappa shape index (κ1) is 18.7. The number of hydrogen-bond donors (Lipinski definition) is 0. The van der Waals surface area contributed by atoms with Gasteiger partial charge in [0.1, 0.15) is 23.6 Å². The first-order valence-corrected chi connectivity index (χ1v) is 10.1. The van der Waals surface area contributed by atoms with E-state index in [0.717, 1.165) is 43.9 Å². The Bertz CT molecular complexity index is 948. The van der Waals surface area contributed by atoms with E-state index in [1.54, 1.807) is 12.1 Å². The lowest BCUT2D eigenvalue weighted by atomic mass is 9.95. The first-order valence-electron chi connectivity index (χ1n) is 10.1. The van der Waals surface area contributed by atoms with E-state index >= 15 is 4.39 Å². The van der Waals surface area contributed by atoms with Crippen LogP contribution in [0.15, 0.2) is 36.4 Å². The van der Waals surface area contributed by atoms with Gasteiger partial charge in [-0.05, 0) is 54.4 Å². The Morgan fingerprint density at radius 2 is 1.86 bits per heavy atom. The number of ether oxygens (including phenoxy) is 1. The zero-order valence-electron chi connectivity index (χ0n) is 16.0. The van der Waals surface area contributed by atoms with Gasteiger partial charge < -0.3 is 9.64 Å². The van der Waals surface area contributed by atoms with Crippen molar-refractivity contribution in [1.82, 2.24) is 4.90 Å². The number of nitrogens with zero attached hydrogens (tertiary/aromatic N) is 1. The van der Waals surface area contributed by atoms with Crippen LogP contribution in [-0.2, 0) is 16.0 Å². The van der Waals surface area contributed by atoms with Crippen LogP contribution < -0.4 is 0 Å². The minimum absolute atomic E-state index is 0.00814. The lowest BCUT2D eigenvalue weighted by Gasteiger charge is -2.33. The topological polar surface area (TPSA) is 29.5 Å². The molecular weight excluding hydrogens is 379 g/mol. The summed E-state index contributed by atoms with van der Waals surface area (Å²) in [7, 11) is 0. The van der Waals surface area contributed by atoms with Gasteiger partial charge in [0, 0.05) is 30.6 Å². The molecule has 2 aromatic rings. The minimum Gasteiger partial charge on any atom is -0.368 e. The SMILES string of the molecule is O=C([C@H]1CCO1)N1CC2(CC2)C[C@@H]1Cc1cccc(-c2cc(F)cc(F)c2)c1F. The Balaban J connectivity index is 1.43. The second-order valence-electron chi connectivity index (χ2n) is 8.61. The van der Waals surface area contributed by atoms with E-state index in [0.29, 0.717) is 25.1 Å². The molecule has 2 heterocycles. The van der Waals surface area contributed by atoms with Gasteiger partial charge in [-0.15, -0.1) is 0 Å². The Hall–Kier alpha value is -2.34. The molecule has 6 heteroatoms. The second kappa shape index (κ2) is 6.87.